The summed E-state index contributed by atoms with van der Waals surface area (Å²) in [6.07, 6.45) is 1.68. The average molecular weight is 450 g/mol. The van der Waals surface area contributed by atoms with E-state index in [9.17, 15) is 14.0 Å². The van der Waals surface area contributed by atoms with E-state index >= 15 is 0 Å². The van der Waals surface area contributed by atoms with Gasteiger partial charge in [-0.15, -0.1) is 0 Å². The molecule has 32 heavy (non-hydrogen) atoms. The fraction of sp³-hybridized carbons (Fsp3) is 0.120. The van der Waals surface area contributed by atoms with Gasteiger partial charge in [-0.05, 0) is 65.4 Å². The zero-order chi connectivity index (χ0) is 22.3. The van der Waals surface area contributed by atoms with Crippen LogP contribution in [-0.4, -0.2) is 29.3 Å². The van der Waals surface area contributed by atoms with Crippen molar-refractivity contribution in [1.82, 2.24) is 4.90 Å². The van der Waals surface area contributed by atoms with Crippen molar-refractivity contribution in [2.75, 3.05) is 13.2 Å². The maximum absolute atomic E-state index is 13.1. The second-order valence-corrected chi connectivity index (χ2v) is 7.97. The van der Waals surface area contributed by atoms with Crippen LogP contribution in [-0.2, 0) is 11.3 Å². The fourth-order valence-corrected chi connectivity index (χ4v) is 3.89. The van der Waals surface area contributed by atoms with Crippen LogP contribution in [0.3, 0.4) is 0 Å². The lowest BCUT2D eigenvalue weighted by Gasteiger charge is -2.12. The van der Waals surface area contributed by atoms with Gasteiger partial charge in [0.2, 0.25) is 0 Å². The summed E-state index contributed by atoms with van der Waals surface area (Å²) < 4.78 is 24.3. The molecule has 5 nitrogen and oxygen atoms in total. The third kappa shape index (κ3) is 5.56. The molecule has 1 heterocycles. The van der Waals surface area contributed by atoms with Crippen molar-refractivity contribution in [3.05, 3.63) is 101 Å². The van der Waals surface area contributed by atoms with Gasteiger partial charge in [-0.25, -0.2) is 4.39 Å². The van der Waals surface area contributed by atoms with Crippen LogP contribution < -0.4 is 9.47 Å². The first kappa shape index (κ1) is 21.6. The van der Waals surface area contributed by atoms with Crippen LogP contribution in [0.1, 0.15) is 11.1 Å². The Bertz CT molecular complexity index is 1110. The van der Waals surface area contributed by atoms with Gasteiger partial charge in [0.05, 0.1) is 11.4 Å². The van der Waals surface area contributed by atoms with Crippen LogP contribution in [0, 0.1) is 5.82 Å². The predicted molar refractivity (Wildman–Crippen MR) is 122 cm³/mol. The maximum atomic E-state index is 13.1. The van der Waals surface area contributed by atoms with Gasteiger partial charge in [-0.3, -0.25) is 14.5 Å². The Morgan fingerprint density at radius 1 is 0.812 bits per heavy atom. The number of thioether (sulfide) groups is 1. The molecule has 3 aromatic carbocycles. The molecule has 1 aliphatic heterocycles. The molecule has 0 N–H and O–H groups in total. The number of para-hydroxylation sites is 1. The van der Waals surface area contributed by atoms with Gasteiger partial charge in [0, 0.05) is 0 Å². The molecular weight excluding hydrogens is 429 g/mol. The number of ether oxygens (including phenoxy) is 2. The number of benzene rings is 3. The summed E-state index contributed by atoms with van der Waals surface area (Å²) in [6.45, 7) is 0.934. The highest BCUT2D eigenvalue weighted by molar-refractivity contribution is 8.18. The van der Waals surface area contributed by atoms with Crippen LogP contribution in [0.4, 0.5) is 9.18 Å². The topological polar surface area (TPSA) is 55.8 Å². The molecule has 0 spiro atoms. The smallest absolute Gasteiger partial charge is 0.293 e. The number of nitrogens with zero attached hydrogens (tertiary/aromatic N) is 1. The number of carbonyl (C=O) groups excluding carboxylic acids is 2. The van der Waals surface area contributed by atoms with E-state index < -0.39 is 0 Å². The fourth-order valence-electron chi connectivity index (χ4n) is 3.06. The molecule has 162 valence electrons. The quantitative estimate of drug-likeness (QED) is 0.335. The molecule has 4 rings (SSSR count). The Kier molecular flexibility index (Phi) is 6.87. The van der Waals surface area contributed by atoms with E-state index in [-0.39, 0.29) is 23.5 Å². The molecule has 0 unspecified atom stereocenters. The zero-order valence-electron chi connectivity index (χ0n) is 17.1. The zero-order valence-corrected chi connectivity index (χ0v) is 17.9. The number of imide groups is 1. The van der Waals surface area contributed by atoms with Gasteiger partial charge >= 0.3 is 0 Å². The summed E-state index contributed by atoms with van der Waals surface area (Å²) in [5.41, 5.74) is 1.47. The molecule has 0 bridgehead atoms. The van der Waals surface area contributed by atoms with Gasteiger partial charge in [0.25, 0.3) is 11.1 Å². The third-order valence-electron chi connectivity index (χ3n) is 4.67. The molecule has 3 aromatic rings. The Balaban J connectivity index is 1.31. The van der Waals surface area contributed by atoms with E-state index in [1.165, 1.54) is 12.1 Å². The lowest BCUT2D eigenvalue weighted by Crippen LogP contribution is -2.27. The van der Waals surface area contributed by atoms with Gasteiger partial charge in [-0.1, -0.05) is 42.5 Å². The number of hydrogen-bond acceptors (Lipinski definition) is 5. The van der Waals surface area contributed by atoms with E-state index in [1.54, 1.807) is 30.3 Å². The van der Waals surface area contributed by atoms with Crippen molar-refractivity contribution in [2.24, 2.45) is 0 Å². The largest absolute Gasteiger partial charge is 0.490 e. The SMILES string of the molecule is O=C1S/C(=C/c2ccc(OCCOc3ccccc3)cc2)C(=O)N1Cc1ccc(F)cc1. The first-order valence-corrected chi connectivity index (χ1v) is 10.8. The summed E-state index contributed by atoms with van der Waals surface area (Å²) in [5.74, 6) is 0.754. The highest BCUT2D eigenvalue weighted by atomic mass is 32.2. The summed E-state index contributed by atoms with van der Waals surface area (Å²) in [6, 6.07) is 22.5. The molecule has 0 saturated carbocycles. The number of halogens is 1. The number of rotatable bonds is 8. The second kappa shape index (κ2) is 10.2. The van der Waals surface area contributed by atoms with Gasteiger partial charge in [-0.2, -0.15) is 0 Å². The Morgan fingerprint density at radius 3 is 2.09 bits per heavy atom. The molecule has 2 amide bonds. The maximum Gasteiger partial charge on any atom is 0.293 e. The standard InChI is InChI=1S/C25H20FNO4S/c26-20-10-6-19(7-11-20)17-27-24(28)23(32-25(27)29)16-18-8-12-22(13-9-18)31-15-14-30-21-4-2-1-3-5-21/h1-13,16H,14-15,17H2/b23-16+. The Hall–Kier alpha value is -3.58. The Morgan fingerprint density at radius 2 is 1.44 bits per heavy atom. The molecule has 7 heteroatoms. The van der Waals surface area contributed by atoms with Crippen LogP contribution in [0.15, 0.2) is 83.8 Å². The van der Waals surface area contributed by atoms with Gasteiger partial charge in [0.15, 0.2) is 0 Å². The average Bonchev–Trinajstić information content (AvgIpc) is 3.07. The van der Waals surface area contributed by atoms with E-state index in [2.05, 4.69) is 0 Å². The van der Waals surface area contributed by atoms with E-state index in [0.717, 1.165) is 28.0 Å². The molecule has 0 aromatic heterocycles. The summed E-state index contributed by atoms with van der Waals surface area (Å²) >= 11 is 0.895. The highest BCUT2D eigenvalue weighted by Gasteiger charge is 2.34. The highest BCUT2D eigenvalue weighted by Crippen LogP contribution is 2.33. The summed E-state index contributed by atoms with van der Waals surface area (Å²) in [4.78, 5) is 26.4. The summed E-state index contributed by atoms with van der Waals surface area (Å²) in [7, 11) is 0. The first-order chi connectivity index (χ1) is 15.6. The molecule has 1 fully saturated rings. The minimum atomic E-state index is -0.362. The van der Waals surface area contributed by atoms with E-state index in [4.69, 9.17) is 9.47 Å². The van der Waals surface area contributed by atoms with Crippen LogP contribution in [0.5, 0.6) is 11.5 Å². The monoisotopic (exact) mass is 449 g/mol. The second-order valence-electron chi connectivity index (χ2n) is 6.97. The minimum Gasteiger partial charge on any atom is -0.490 e. The lowest BCUT2D eigenvalue weighted by molar-refractivity contribution is -0.123. The van der Waals surface area contributed by atoms with Crippen LogP contribution >= 0.6 is 11.8 Å². The molecule has 0 aliphatic carbocycles. The predicted octanol–water partition coefficient (Wildman–Crippen LogP) is 5.52. The normalized spacial score (nSPS) is 14.8. The molecule has 1 saturated heterocycles. The first-order valence-electron chi connectivity index (χ1n) is 9.99. The number of amides is 2. The third-order valence-corrected chi connectivity index (χ3v) is 5.58. The van der Waals surface area contributed by atoms with E-state index in [1.807, 2.05) is 42.5 Å². The van der Waals surface area contributed by atoms with Crippen molar-refractivity contribution in [3.8, 4) is 11.5 Å². The van der Waals surface area contributed by atoms with Crippen molar-refractivity contribution in [2.45, 2.75) is 6.54 Å². The summed E-state index contributed by atoms with van der Waals surface area (Å²) in [5, 5.41) is -0.344. The molecule has 0 atom stereocenters. The molecule has 0 radical (unpaired) electrons. The van der Waals surface area contributed by atoms with Crippen molar-refractivity contribution < 1.29 is 23.5 Å². The lowest BCUT2D eigenvalue weighted by atomic mass is 10.2. The number of hydrogen-bond donors (Lipinski definition) is 0. The van der Waals surface area contributed by atoms with Crippen LogP contribution in [0.2, 0.25) is 0 Å². The van der Waals surface area contributed by atoms with Crippen molar-refractivity contribution in [1.29, 1.82) is 0 Å². The van der Waals surface area contributed by atoms with Gasteiger partial charge in [0.1, 0.15) is 30.5 Å². The molecule has 1 aliphatic rings. The Labute approximate surface area is 189 Å². The number of carbonyl (C=O) groups is 2. The molecular formula is C25H20FNO4S. The van der Waals surface area contributed by atoms with E-state index in [0.29, 0.717) is 29.4 Å². The minimum absolute atomic E-state index is 0.111. The van der Waals surface area contributed by atoms with Crippen molar-refractivity contribution >= 4 is 29.0 Å². The van der Waals surface area contributed by atoms with Gasteiger partial charge < -0.3 is 9.47 Å². The van der Waals surface area contributed by atoms with Crippen molar-refractivity contribution in [3.63, 3.8) is 0 Å². The van der Waals surface area contributed by atoms with Crippen LogP contribution in [0.25, 0.3) is 6.08 Å².